The van der Waals surface area contributed by atoms with Gasteiger partial charge in [-0.05, 0) is 0 Å². The standard InChI is InChI=1S/CH2O5P/c2-1-5-7(3,4)6-1/h3-4H/q+1. The molecule has 1 fully saturated rings. The molecule has 0 aliphatic carbocycles. The highest BCUT2D eigenvalue weighted by molar-refractivity contribution is 7.57. The third kappa shape index (κ3) is 0.796. The lowest BCUT2D eigenvalue weighted by molar-refractivity contribution is 0.0502. The first kappa shape index (κ1) is 4.77. The summed E-state index contributed by atoms with van der Waals surface area (Å²) >= 11 is 0. The summed E-state index contributed by atoms with van der Waals surface area (Å²) in [5.41, 5.74) is 0. The molecule has 0 saturated carbocycles. The first-order valence-electron chi connectivity index (χ1n) is 1.38. The van der Waals surface area contributed by atoms with Crippen LogP contribution in [0.15, 0.2) is 0 Å². The zero-order valence-corrected chi connectivity index (χ0v) is 3.96. The predicted octanol–water partition coefficient (Wildman–Crippen LogP) is -0.185. The van der Waals surface area contributed by atoms with E-state index in [1.165, 1.54) is 0 Å². The van der Waals surface area contributed by atoms with Crippen molar-refractivity contribution in [1.82, 2.24) is 0 Å². The quantitative estimate of drug-likeness (QED) is 0.439. The summed E-state index contributed by atoms with van der Waals surface area (Å²) < 4.78 is 7.38. The molecule has 0 spiro atoms. The second kappa shape index (κ2) is 1.06. The second-order valence-corrected chi connectivity index (χ2v) is 2.27. The minimum Gasteiger partial charge on any atom is -0.197 e. The van der Waals surface area contributed by atoms with Gasteiger partial charge in [0.05, 0.1) is 0 Å². The van der Waals surface area contributed by atoms with E-state index in [9.17, 15) is 4.79 Å². The van der Waals surface area contributed by atoms with E-state index >= 15 is 0 Å². The Morgan fingerprint density at radius 3 is 1.86 bits per heavy atom. The number of carbonyl (C=O) groups is 1. The van der Waals surface area contributed by atoms with Crippen molar-refractivity contribution in [2.75, 3.05) is 0 Å². The lowest BCUT2D eigenvalue weighted by atomic mass is 11.5. The van der Waals surface area contributed by atoms with Gasteiger partial charge < -0.3 is 0 Å². The average Bonchev–Trinajstić information content (AvgIpc) is 1.27. The Morgan fingerprint density at radius 2 is 1.86 bits per heavy atom. The molecule has 1 saturated heterocycles. The maximum atomic E-state index is 9.58. The third-order valence-corrected chi connectivity index (χ3v) is 1.16. The summed E-state index contributed by atoms with van der Waals surface area (Å²) in [6, 6.07) is 0. The van der Waals surface area contributed by atoms with Crippen molar-refractivity contribution in [2.24, 2.45) is 0 Å². The molecule has 40 valence electrons. The van der Waals surface area contributed by atoms with Crippen molar-refractivity contribution in [3.8, 4) is 0 Å². The smallest absolute Gasteiger partial charge is 0.197 e. The Kier molecular flexibility index (Phi) is 0.725. The van der Waals surface area contributed by atoms with Crippen molar-refractivity contribution in [1.29, 1.82) is 0 Å². The van der Waals surface area contributed by atoms with Crippen LogP contribution in [-0.4, -0.2) is 15.9 Å². The molecule has 1 aliphatic heterocycles. The maximum absolute atomic E-state index is 9.58. The van der Waals surface area contributed by atoms with E-state index in [-0.39, 0.29) is 0 Å². The van der Waals surface area contributed by atoms with E-state index < -0.39 is 14.3 Å². The SMILES string of the molecule is O=C1O[P+](O)(O)O1. The fraction of sp³-hybridized carbons (Fsp3) is 0. The van der Waals surface area contributed by atoms with Crippen LogP contribution in [0.3, 0.4) is 0 Å². The van der Waals surface area contributed by atoms with E-state index in [4.69, 9.17) is 9.79 Å². The van der Waals surface area contributed by atoms with Crippen LogP contribution in [0.5, 0.6) is 0 Å². The normalized spacial score (nSPS) is 24.6. The molecule has 7 heavy (non-hydrogen) atoms. The lowest BCUT2D eigenvalue weighted by Crippen LogP contribution is -2.20. The molecule has 0 atom stereocenters. The fourth-order valence-electron chi connectivity index (χ4n) is 0.201. The summed E-state index contributed by atoms with van der Waals surface area (Å²) in [7, 11) is -3.62. The Hall–Kier alpha value is -0.380. The highest BCUT2D eigenvalue weighted by Crippen LogP contribution is 2.60. The van der Waals surface area contributed by atoms with Crippen molar-refractivity contribution in [2.45, 2.75) is 0 Å². The highest BCUT2D eigenvalue weighted by atomic mass is 31.2. The Morgan fingerprint density at radius 1 is 1.43 bits per heavy atom. The van der Waals surface area contributed by atoms with Gasteiger partial charge in [0.25, 0.3) is 0 Å². The summed E-state index contributed by atoms with van der Waals surface area (Å²) in [5.74, 6) is 0. The van der Waals surface area contributed by atoms with Gasteiger partial charge in [-0.2, -0.15) is 23.6 Å². The number of hydrogen-bond donors (Lipinski definition) is 2. The van der Waals surface area contributed by atoms with Crippen molar-refractivity contribution in [3.05, 3.63) is 0 Å². The molecule has 0 aromatic carbocycles. The summed E-state index contributed by atoms with van der Waals surface area (Å²) in [5, 5.41) is 0. The minimum atomic E-state index is -3.62. The molecule has 0 amide bonds. The van der Waals surface area contributed by atoms with Crippen LogP contribution in [0.25, 0.3) is 0 Å². The largest absolute Gasteiger partial charge is 0.676 e. The first-order valence-corrected chi connectivity index (χ1v) is 2.91. The van der Waals surface area contributed by atoms with Gasteiger partial charge in [-0.1, -0.05) is 0 Å². The van der Waals surface area contributed by atoms with Crippen LogP contribution in [0, 0.1) is 0 Å². The van der Waals surface area contributed by atoms with E-state index in [2.05, 4.69) is 9.05 Å². The van der Waals surface area contributed by atoms with Crippen LogP contribution in [0.2, 0.25) is 0 Å². The van der Waals surface area contributed by atoms with Gasteiger partial charge >= 0.3 is 14.3 Å². The zero-order chi connectivity index (χ0) is 5.49. The predicted molar refractivity (Wildman–Crippen MR) is 18.9 cm³/mol. The lowest BCUT2D eigenvalue weighted by Gasteiger charge is -2.11. The van der Waals surface area contributed by atoms with E-state index in [0.717, 1.165) is 0 Å². The van der Waals surface area contributed by atoms with Crippen LogP contribution in [0.4, 0.5) is 4.79 Å². The molecule has 0 aromatic heterocycles. The maximum Gasteiger partial charge on any atom is 0.676 e. The number of carbonyl (C=O) groups excluding carboxylic acids is 1. The first-order chi connectivity index (χ1) is 3.10. The molecular formula is CH2O5P+. The molecule has 0 unspecified atom stereocenters. The molecule has 0 bridgehead atoms. The van der Waals surface area contributed by atoms with Gasteiger partial charge in [-0.3, -0.25) is 0 Å². The van der Waals surface area contributed by atoms with Crippen LogP contribution in [-0.2, 0) is 9.05 Å². The molecule has 1 heterocycles. The van der Waals surface area contributed by atoms with Gasteiger partial charge in [0.15, 0.2) is 0 Å². The highest BCUT2D eigenvalue weighted by Gasteiger charge is 2.60. The average molecular weight is 125 g/mol. The molecular weight excluding hydrogens is 123 g/mol. The Bertz CT molecular complexity index is 96.6. The van der Waals surface area contributed by atoms with Gasteiger partial charge in [-0.15, -0.1) is 0 Å². The topological polar surface area (TPSA) is 76.0 Å². The minimum absolute atomic E-state index is 1.03. The van der Waals surface area contributed by atoms with Crippen LogP contribution < -0.4 is 0 Å². The van der Waals surface area contributed by atoms with Gasteiger partial charge in [0.1, 0.15) is 0 Å². The molecule has 5 nitrogen and oxygen atoms in total. The second-order valence-electron chi connectivity index (χ2n) is 0.923. The molecule has 0 radical (unpaired) electrons. The van der Waals surface area contributed by atoms with Gasteiger partial charge in [0, 0.05) is 0 Å². The fourth-order valence-corrected chi connectivity index (χ4v) is 0.603. The molecule has 0 aromatic rings. The zero-order valence-electron chi connectivity index (χ0n) is 3.07. The van der Waals surface area contributed by atoms with E-state index in [1.54, 1.807) is 0 Å². The summed E-state index contributed by atoms with van der Waals surface area (Å²) in [6.07, 6.45) is -1.03. The number of rotatable bonds is 0. The summed E-state index contributed by atoms with van der Waals surface area (Å²) in [4.78, 5) is 25.7. The molecule has 6 heteroatoms. The monoisotopic (exact) mass is 125 g/mol. The van der Waals surface area contributed by atoms with Gasteiger partial charge in [-0.25, -0.2) is 0 Å². The van der Waals surface area contributed by atoms with Crippen molar-refractivity contribution in [3.63, 3.8) is 0 Å². The van der Waals surface area contributed by atoms with Crippen molar-refractivity contribution >= 4 is 14.3 Å². The molecule has 1 aliphatic rings. The number of hydrogen-bond acceptors (Lipinski definition) is 5. The summed E-state index contributed by atoms with van der Waals surface area (Å²) in [6.45, 7) is 0. The third-order valence-electron chi connectivity index (χ3n) is 0.387. The molecule has 1 rings (SSSR count). The van der Waals surface area contributed by atoms with Crippen molar-refractivity contribution < 1.29 is 23.6 Å². The van der Waals surface area contributed by atoms with E-state index in [1.807, 2.05) is 0 Å². The van der Waals surface area contributed by atoms with Crippen LogP contribution >= 0.6 is 8.17 Å². The van der Waals surface area contributed by atoms with Crippen LogP contribution in [0.1, 0.15) is 0 Å². The Labute approximate surface area is 39.1 Å². The van der Waals surface area contributed by atoms with E-state index in [0.29, 0.717) is 0 Å². The Balaban J connectivity index is 2.43. The molecule has 2 N–H and O–H groups in total. The van der Waals surface area contributed by atoms with Gasteiger partial charge in [0.2, 0.25) is 0 Å².